The minimum Gasteiger partial charge on any atom is -0.504 e. The maximum Gasteiger partial charge on any atom is 0.311 e. The molecule has 22 heavy (non-hydrogen) atoms. The highest BCUT2D eigenvalue weighted by Crippen LogP contribution is 2.51. The van der Waals surface area contributed by atoms with E-state index in [9.17, 15) is 9.90 Å². The lowest BCUT2D eigenvalue weighted by atomic mass is 10.0. The van der Waals surface area contributed by atoms with Crippen LogP contribution in [0.3, 0.4) is 0 Å². The van der Waals surface area contributed by atoms with Crippen molar-refractivity contribution in [3.05, 3.63) is 23.8 Å². The lowest BCUT2D eigenvalue weighted by Crippen LogP contribution is -2.09. The summed E-state index contributed by atoms with van der Waals surface area (Å²) < 4.78 is 16.0. The second-order valence-electron chi connectivity index (χ2n) is 4.97. The Labute approximate surface area is 129 Å². The van der Waals surface area contributed by atoms with Crippen LogP contribution in [0.4, 0.5) is 0 Å². The van der Waals surface area contributed by atoms with E-state index < -0.39 is 0 Å². The zero-order valence-corrected chi connectivity index (χ0v) is 13.2. The molecule has 0 aliphatic heterocycles. The van der Waals surface area contributed by atoms with Gasteiger partial charge < -0.3 is 19.3 Å². The largest absolute Gasteiger partial charge is 0.504 e. The molecule has 0 spiro atoms. The predicted octanol–water partition coefficient (Wildman–Crippen LogP) is 3.58. The zero-order valence-electron chi connectivity index (χ0n) is 13.2. The summed E-state index contributed by atoms with van der Waals surface area (Å²) in [5, 5.41) is 11.7. The third kappa shape index (κ3) is 2.66. The minimum atomic E-state index is -0.351. The van der Waals surface area contributed by atoms with Crippen LogP contribution in [0.15, 0.2) is 18.2 Å². The number of carbonyl (C=O) groups excluding carboxylic acids is 1. The van der Waals surface area contributed by atoms with Crippen molar-refractivity contribution in [1.29, 1.82) is 0 Å². The second-order valence-corrected chi connectivity index (χ2v) is 4.97. The van der Waals surface area contributed by atoms with E-state index in [2.05, 4.69) is 0 Å². The van der Waals surface area contributed by atoms with Gasteiger partial charge in [0, 0.05) is 17.2 Å². The molecule has 0 aliphatic rings. The van der Waals surface area contributed by atoms with Gasteiger partial charge in [-0.3, -0.25) is 4.79 Å². The summed E-state index contributed by atoms with van der Waals surface area (Å²) in [7, 11) is 2.87. The number of esters is 1. The molecule has 0 saturated carbocycles. The average molecular weight is 304 g/mol. The topological polar surface area (TPSA) is 65.0 Å². The van der Waals surface area contributed by atoms with Crippen molar-refractivity contribution in [1.82, 2.24) is 0 Å². The van der Waals surface area contributed by atoms with E-state index in [1.165, 1.54) is 14.2 Å². The Morgan fingerprint density at radius 3 is 2.41 bits per heavy atom. The molecule has 5 heteroatoms. The first-order valence-corrected chi connectivity index (χ1v) is 7.12. The molecular weight excluding hydrogens is 284 g/mol. The van der Waals surface area contributed by atoms with Gasteiger partial charge in [-0.15, -0.1) is 0 Å². The van der Waals surface area contributed by atoms with Crippen molar-refractivity contribution in [3.8, 4) is 23.0 Å². The standard InChI is InChI=1S/C17H20O5/c1-5-7-12(18)22-15-11-9-6-8-10(2)13(11)14(19)16(20-3)17(15)21-4/h6,8-9,19H,5,7H2,1-4H3. The van der Waals surface area contributed by atoms with Gasteiger partial charge in [-0.25, -0.2) is 0 Å². The molecule has 0 radical (unpaired) electrons. The summed E-state index contributed by atoms with van der Waals surface area (Å²) in [6.07, 6.45) is 0.993. The molecule has 0 bridgehead atoms. The molecule has 2 rings (SSSR count). The molecule has 0 heterocycles. The third-order valence-corrected chi connectivity index (χ3v) is 3.46. The van der Waals surface area contributed by atoms with Gasteiger partial charge in [0.05, 0.1) is 14.2 Å². The van der Waals surface area contributed by atoms with Crippen LogP contribution in [-0.2, 0) is 4.79 Å². The fraction of sp³-hybridized carbons (Fsp3) is 0.353. The van der Waals surface area contributed by atoms with Crippen LogP contribution >= 0.6 is 0 Å². The van der Waals surface area contributed by atoms with Gasteiger partial charge in [0.2, 0.25) is 11.5 Å². The third-order valence-electron chi connectivity index (χ3n) is 3.46. The molecule has 0 unspecified atom stereocenters. The van der Waals surface area contributed by atoms with Gasteiger partial charge in [-0.2, -0.15) is 0 Å². The molecule has 0 atom stereocenters. The van der Waals surface area contributed by atoms with Crippen LogP contribution in [0.5, 0.6) is 23.0 Å². The monoisotopic (exact) mass is 304 g/mol. The van der Waals surface area contributed by atoms with Crippen molar-refractivity contribution in [2.45, 2.75) is 26.7 Å². The highest BCUT2D eigenvalue weighted by molar-refractivity contribution is 6.01. The number of rotatable bonds is 5. The van der Waals surface area contributed by atoms with Crippen molar-refractivity contribution >= 4 is 16.7 Å². The Kier molecular flexibility index (Phi) is 4.75. The SMILES string of the molecule is CCCC(=O)Oc1c(OC)c(OC)c(O)c2c(C)cccc12. The molecule has 0 aromatic heterocycles. The molecule has 5 nitrogen and oxygen atoms in total. The summed E-state index contributed by atoms with van der Waals surface area (Å²) >= 11 is 0. The Balaban J connectivity index is 2.78. The molecule has 0 aliphatic carbocycles. The Bertz CT molecular complexity index is 706. The van der Waals surface area contributed by atoms with Gasteiger partial charge in [0.25, 0.3) is 0 Å². The molecule has 1 N–H and O–H groups in total. The maximum absolute atomic E-state index is 11.9. The smallest absolute Gasteiger partial charge is 0.311 e. The van der Waals surface area contributed by atoms with Crippen LogP contribution < -0.4 is 14.2 Å². The predicted molar refractivity (Wildman–Crippen MR) is 84.0 cm³/mol. The van der Waals surface area contributed by atoms with Crippen LogP contribution in [0.2, 0.25) is 0 Å². The number of methoxy groups -OCH3 is 2. The molecule has 2 aromatic carbocycles. The van der Waals surface area contributed by atoms with E-state index in [1.54, 1.807) is 6.07 Å². The number of aromatic hydroxyl groups is 1. The first-order valence-electron chi connectivity index (χ1n) is 7.12. The fourth-order valence-electron chi connectivity index (χ4n) is 2.46. The van der Waals surface area contributed by atoms with Crippen molar-refractivity contribution in [2.75, 3.05) is 14.2 Å². The molecular formula is C17H20O5. The summed E-state index contributed by atoms with van der Waals surface area (Å²) in [6.45, 7) is 3.77. The second kappa shape index (κ2) is 6.56. The van der Waals surface area contributed by atoms with Crippen LogP contribution in [0.1, 0.15) is 25.3 Å². The number of hydrogen-bond acceptors (Lipinski definition) is 5. The first-order chi connectivity index (χ1) is 10.5. The number of phenols is 1. The molecule has 118 valence electrons. The fourth-order valence-corrected chi connectivity index (χ4v) is 2.46. The number of fused-ring (bicyclic) bond motifs is 1. The number of aryl methyl sites for hydroxylation is 1. The number of ether oxygens (including phenoxy) is 3. The lowest BCUT2D eigenvalue weighted by molar-refractivity contribution is -0.134. The number of hydrogen-bond donors (Lipinski definition) is 1. The summed E-state index contributed by atoms with van der Waals surface area (Å²) in [5.41, 5.74) is 0.851. The van der Waals surface area contributed by atoms with Crippen molar-refractivity contribution < 1.29 is 24.1 Å². The minimum absolute atomic E-state index is 0.0252. The molecule has 0 saturated heterocycles. The van der Waals surface area contributed by atoms with Crippen molar-refractivity contribution in [2.24, 2.45) is 0 Å². The van der Waals surface area contributed by atoms with Gasteiger partial charge >= 0.3 is 5.97 Å². The van der Waals surface area contributed by atoms with Gasteiger partial charge in [-0.1, -0.05) is 25.1 Å². The number of carbonyl (C=O) groups is 1. The molecule has 2 aromatic rings. The van der Waals surface area contributed by atoms with E-state index in [1.807, 2.05) is 26.0 Å². The highest BCUT2D eigenvalue weighted by atomic mass is 16.6. The summed E-state index contributed by atoms with van der Waals surface area (Å²) in [5.74, 6) is 0.263. The van der Waals surface area contributed by atoms with Crippen molar-refractivity contribution in [3.63, 3.8) is 0 Å². The van der Waals surface area contributed by atoms with E-state index in [0.717, 1.165) is 5.56 Å². The zero-order chi connectivity index (χ0) is 16.3. The van der Waals surface area contributed by atoms with Crippen LogP contribution in [0, 0.1) is 6.92 Å². The summed E-state index contributed by atoms with van der Waals surface area (Å²) in [6, 6.07) is 5.48. The van der Waals surface area contributed by atoms with E-state index in [-0.39, 0.29) is 29.0 Å². The van der Waals surface area contributed by atoms with Gasteiger partial charge in [0.15, 0.2) is 11.5 Å². The normalized spacial score (nSPS) is 10.5. The van der Waals surface area contributed by atoms with E-state index in [4.69, 9.17) is 14.2 Å². The molecule has 0 amide bonds. The first kappa shape index (κ1) is 15.9. The van der Waals surface area contributed by atoms with E-state index >= 15 is 0 Å². The van der Waals surface area contributed by atoms with Crippen LogP contribution in [-0.4, -0.2) is 25.3 Å². The maximum atomic E-state index is 11.9. The van der Waals surface area contributed by atoms with E-state index in [0.29, 0.717) is 23.6 Å². The number of phenolic OH excluding ortho intramolecular Hbond substituents is 1. The van der Waals surface area contributed by atoms with Gasteiger partial charge in [0.1, 0.15) is 0 Å². The lowest BCUT2D eigenvalue weighted by Gasteiger charge is -2.18. The quantitative estimate of drug-likeness (QED) is 0.675. The summed E-state index contributed by atoms with van der Waals surface area (Å²) in [4.78, 5) is 11.9. The number of benzene rings is 2. The Morgan fingerprint density at radius 2 is 1.82 bits per heavy atom. The van der Waals surface area contributed by atoms with Crippen LogP contribution in [0.25, 0.3) is 10.8 Å². The molecule has 0 fully saturated rings. The Hall–Kier alpha value is -2.43. The average Bonchev–Trinajstić information content (AvgIpc) is 2.49. The van der Waals surface area contributed by atoms with Gasteiger partial charge in [-0.05, 0) is 18.9 Å². The highest BCUT2D eigenvalue weighted by Gasteiger charge is 2.24. The Morgan fingerprint density at radius 1 is 1.14 bits per heavy atom.